The van der Waals surface area contributed by atoms with Crippen molar-refractivity contribution in [2.75, 3.05) is 24.6 Å². The van der Waals surface area contributed by atoms with Gasteiger partial charge < -0.3 is 26.2 Å². The third-order valence-electron chi connectivity index (χ3n) is 7.47. The lowest BCUT2D eigenvalue weighted by Crippen LogP contribution is -2.51. The largest absolute Gasteiger partial charge is 0.394 e. The van der Waals surface area contributed by atoms with Gasteiger partial charge in [0.1, 0.15) is 11.9 Å². The van der Waals surface area contributed by atoms with Crippen LogP contribution in [-0.2, 0) is 22.6 Å². The molecule has 0 fully saturated rings. The van der Waals surface area contributed by atoms with Crippen molar-refractivity contribution in [3.05, 3.63) is 83.6 Å². The Kier molecular flexibility index (Phi) is 10.6. The molecular weight excluding hydrogens is 546 g/mol. The normalized spacial score (nSPS) is 15.8. The summed E-state index contributed by atoms with van der Waals surface area (Å²) in [6.07, 6.45) is 1.84. The van der Waals surface area contributed by atoms with Crippen LogP contribution in [0.15, 0.2) is 66.9 Å². The lowest BCUT2D eigenvalue weighted by Gasteiger charge is -2.29. The van der Waals surface area contributed by atoms with E-state index in [1.54, 1.807) is 17.2 Å². The zero-order valence-corrected chi connectivity index (χ0v) is 25.0. The first-order valence-electron chi connectivity index (χ1n) is 14.7. The quantitative estimate of drug-likeness (QED) is 0.219. The molecule has 4 rings (SSSR count). The highest BCUT2D eigenvalue weighted by atomic mass is 16.3. The number of pyridine rings is 1. The van der Waals surface area contributed by atoms with Gasteiger partial charge in [0.05, 0.1) is 19.3 Å². The Morgan fingerprint density at radius 3 is 2.56 bits per heavy atom. The van der Waals surface area contributed by atoms with Gasteiger partial charge in [0.25, 0.3) is 11.8 Å². The molecule has 1 aliphatic heterocycles. The molecule has 5 N–H and O–H groups in total. The van der Waals surface area contributed by atoms with Crippen LogP contribution in [0.5, 0.6) is 0 Å². The number of aromatic nitrogens is 1. The maximum absolute atomic E-state index is 13.9. The minimum absolute atomic E-state index is 0.0827. The number of nitrogens with zero attached hydrogens (tertiary/aromatic N) is 2. The number of hydrogen-bond acceptors (Lipinski definition) is 7. The van der Waals surface area contributed by atoms with Gasteiger partial charge in [-0.1, -0.05) is 48.5 Å². The van der Waals surface area contributed by atoms with Crippen LogP contribution in [0.3, 0.4) is 0 Å². The van der Waals surface area contributed by atoms with Crippen molar-refractivity contribution in [1.82, 2.24) is 20.9 Å². The molecule has 2 aromatic carbocycles. The second kappa shape index (κ2) is 14.4. The number of aliphatic hydroxyl groups is 2. The van der Waals surface area contributed by atoms with E-state index in [1.165, 1.54) is 0 Å². The van der Waals surface area contributed by atoms with E-state index >= 15 is 0 Å². The lowest BCUT2D eigenvalue weighted by atomic mass is 9.98. The number of benzene rings is 2. The average molecular weight is 588 g/mol. The molecule has 1 aromatic heterocycles. The number of amides is 3. The van der Waals surface area contributed by atoms with Gasteiger partial charge in [-0.2, -0.15) is 0 Å². The molecule has 10 nitrogen and oxygen atoms in total. The summed E-state index contributed by atoms with van der Waals surface area (Å²) in [7, 11) is 0. The van der Waals surface area contributed by atoms with Gasteiger partial charge in [-0.25, -0.2) is 4.98 Å². The van der Waals surface area contributed by atoms with Gasteiger partial charge in [-0.3, -0.25) is 19.3 Å². The number of aliphatic hydroxyl groups excluding tert-OH is 2. The van der Waals surface area contributed by atoms with E-state index in [9.17, 15) is 19.5 Å². The fraction of sp³-hybridized carbons (Fsp3) is 0.394. The Morgan fingerprint density at radius 2 is 1.84 bits per heavy atom. The summed E-state index contributed by atoms with van der Waals surface area (Å²) in [6, 6.07) is 18.3. The van der Waals surface area contributed by atoms with Gasteiger partial charge in [0.15, 0.2) is 0 Å². The van der Waals surface area contributed by atoms with Crippen LogP contribution in [0.1, 0.15) is 55.1 Å². The molecule has 0 unspecified atom stereocenters. The highest BCUT2D eigenvalue weighted by Gasteiger charge is 2.33. The van der Waals surface area contributed by atoms with Crippen molar-refractivity contribution in [2.24, 2.45) is 0 Å². The first-order chi connectivity index (χ1) is 20.6. The van der Waals surface area contributed by atoms with Gasteiger partial charge in [-0.15, -0.1) is 0 Å². The predicted octanol–water partition coefficient (Wildman–Crippen LogP) is 2.57. The molecule has 0 saturated heterocycles. The molecule has 0 saturated carbocycles. The molecule has 43 heavy (non-hydrogen) atoms. The molecule has 3 aromatic rings. The molecule has 2 heterocycles. The molecule has 1 aliphatic rings. The standard InChI is InChI=1S/C33H41N5O5/c1-4-34-31(42)27-10-6-5-9-26(27)23-13-11-22(12-14-23)20-38-30-24(8-7-17-35-30)15-16-28(32(38)43)37-29(41)18-33(2,3)36-19-25(40)21-39/h5-14,17,25,28,36,39-40H,4,15-16,18-21H2,1-3H3,(H,34,42)(H,37,41)/t25-,28+/m0/s1. The van der Waals surface area contributed by atoms with E-state index in [0.717, 1.165) is 22.3 Å². The monoisotopic (exact) mass is 587 g/mol. The first-order valence-corrected chi connectivity index (χ1v) is 14.7. The molecule has 10 heteroatoms. The number of carbonyl (C=O) groups excluding carboxylic acids is 3. The van der Waals surface area contributed by atoms with Crippen LogP contribution in [0.25, 0.3) is 11.1 Å². The summed E-state index contributed by atoms with van der Waals surface area (Å²) in [4.78, 5) is 45.7. The average Bonchev–Trinajstić information content (AvgIpc) is 3.12. The van der Waals surface area contributed by atoms with Crippen LogP contribution in [0, 0.1) is 0 Å². The zero-order valence-electron chi connectivity index (χ0n) is 25.0. The van der Waals surface area contributed by atoms with Crippen molar-refractivity contribution in [3.8, 4) is 11.1 Å². The first kappa shape index (κ1) is 31.8. The zero-order chi connectivity index (χ0) is 31.0. The van der Waals surface area contributed by atoms with Crippen molar-refractivity contribution in [3.63, 3.8) is 0 Å². The summed E-state index contributed by atoms with van der Waals surface area (Å²) in [5.41, 5.74) is 3.46. The predicted molar refractivity (Wildman–Crippen MR) is 165 cm³/mol. The van der Waals surface area contributed by atoms with E-state index in [0.29, 0.717) is 30.8 Å². The summed E-state index contributed by atoms with van der Waals surface area (Å²) < 4.78 is 0. The summed E-state index contributed by atoms with van der Waals surface area (Å²) in [5.74, 6) is -0.0776. The van der Waals surface area contributed by atoms with Crippen molar-refractivity contribution in [1.29, 1.82) is 0 Å². The van der Waals surface area contributed by atoms with Gasteiger partial charge in [0.2, 0.25) is 5.91 Å². The molecule has 0 spiro atoms. The third-order valence-corrected chi connectivity index (χ3v) is 7.47. The topological polar surface area (TPSA) is 144 Å². The Bertz CT molecular complexity index is 1430. The fourth-order valence-electron chi connectivity index (χ4n) is 5.20. The van der Waals surface area contributed by atoms with E-state index in [-0.39, 0.29) is 43.8 Å². The maximum Gasteiger partial charge on any atom is 0.251 e. The molecule has 0 aliphatic carbocycles. The van der Waals surface area contributed by atoms with Crippen molar-refractivity contribution < 1.29 is 24.6 Å². The maximum atomic E-state index is 13.9. The van der Waals surface area contributed by atoms with E-state index in [2.05, 4.69) is 20.9 Å². The summed E-state index contributed by atoms with van der Waals surface area (Å²) >= 11 is 0. The van der Waals surface area contributed by atoms with Gasteiger partial charge >= 0.3 is 0 Å². The third kappa shape index (κ3) is 8.25. The lowest BCUT2D eigenvalue weighted by molar-refractivity contribution is -0.128. The minimum atomic E-state index is -0.922. The van der Waals surface area contributed by atoms with Crippen LogP contribution in [-0.4, -0.2) is 70.3 Å². The molecule has 2 atom stereocenters. The SMILES string of the molecule is CCNC(=O)c1ccccc1-c1ccc(CN2C(=O)[C@H](NC(=O)CC(C)(C)NC[C@H](O)CO)CCc3cccnc32)cc1. The molecular formula is C33H41N5O5. The Balaban J connectivity index is 1.52. The molecule has 0 radical (unpaired) electrons. The Hall–Kier alpha value is -4.12. The molecule has 228 valence electrons. The van der Waals surface area contributed by atoms with Crippen LogP contribution in [0.4, 0.5) is 5.82 Å². The summed E-state index contributed by atoms with van der Waals surface area (Å²) in [5, 5.41) is 27.6. The smallest absolute Gasteiger partial charge is 0.251 e. The summed E-state index contributed by atoms with van der Waals surface area (Å²) in [6.45, 7) is 6.11. The van der Waals surface area contributed by atoms with Crippen LogP contribution < -0.4 is 20.9 Å². The number of hydrogen-bond donors (Lipinski definition) is 5. The highest BCUT2D eigenvalue weighted by molar-refractivity contribution is 6.01. The number of β-amino-alcohol motifs (C(OH)–C–C–N with tert-alkyl or cyclic N) is 1. The Morgan fingerprint density at radius 1 is 1.09 bits per heavy atom. The number of anilines is 1. The number of fused-ring (bicyclic) bond motifs is 1. The van der Waals surface area contributed by atoms with E-state index in [1.807, 2.05) is 75.4 Å². The van der Waals surface area contributed by atoms with Gasteiger partial charge in [0, 0.05) is 36.8 Å². The molecule has 3 amide bonds. The second-order valence-corrected chi connectivity index (χ2v) is 11.4. The second-order valence-electron chi connectivity index (χ2n) is 11.4. The van der Waals surface area contributed by atoms with E-state index in [4.69, 9.17) is 5.11 Å². The number of rotatable bonds is 12. The number of nitrogens with one attached hydrogen (secondary N) is 3. The number of aryl methyl sites for hydroxylation is 1. The fourth-order valence-corrected chi connectivity index (χ4v) is 5.20. The van der Waals surface area contributed by atoms with Crippen molar-refractivity contribution in [2.45, 2.75) is 64.3 Å². The highest BCUT2D eigenvalue weighted by Crippen LogP contribution is 2.28. The van der Waals surface area contributed by atoms with E-state index < -0.39 is 17.7 Å². The van der Waals surface area contributed by atoms with Crippen LogP contribution >= 0.6 is 0 Å². The van der Waals surface area contributed by atoms with Crippen LogP contribution in [0.2, 0.25) is 0 Å². The minimum Gasteiger partial charge on any atom is -0.394 e. The van der Waals surface area contributed by atoms with Crippen molar-refractivity contribution >= 4 is 23.5 Å². The Labute approximate surface area is 252 Å². The molecule has 0 bridgehead atoms. The van der Waals surface area contributed by atoms with Gasteiger partial charge in [-0.05, 0) is 68.0 Å². The number of carbonyl (C=O) groups is 3.